The molecule has 0 amide bonds. The van der Waals surface area contributed by atoms with E-state index in [-0.39, 0.29) is 0 Å². The Labute approximate surface area is 93.5 Å². The molecule has 2 rings (SSSR count). The van der Waals surface area contributed by atoms with Crippen LogP contribution in [0.5, 0.6) is 0 Å². The van der Waals surface area contributed by atoms with Gasteiger partial charge in [-0.1, -0.05) is 22.0 Å². The van der Waals surface area contributed by atoms with Crippen molar-refractivity contribution in [2.75, 3.05) is 5.73 Å². The minimum atomic E-state index is 0.464. The molecule has 0 aliphatic heterocycles. The number of nitrogens with zero attached hydrogens (tertiary/aromatic N) is 3. The summed E-state index contributed by atoms with van der Waals surface area (Å²) in [6.07, 6.45) is 0. The van der Waals surface area contributed by atoms with Crippen LogP contribution < -0.4 is 5.73 Å². The Hall–Kier alpha value is -1.01. The van der Waals surface area contributed by atoms with E-state index in [1.54, 1.807) is 0 Å². The van der Waals surface area contributed by atoms with Gasteiger partial charge in [-0.2, -0.15) is 9.36 Å². The Kier molecular flexibility index (Phi) is 2.74. The van der Waals surface area contributed by atoms with Crippen molar-refractivity contribution in [2.24, 2.45) is 0 Å². The van der Waals surface area contributed by atoms with Crippen LogP contribution in [0.1, 0.15) is 5.69 Å². The first-order chi connectivity index (χ1) is 6.79. The van der Waals surface area contributed by atoms with E-state index in [9.17, 15) is 0 Å². The van der Waals surface area contributed by atoms with Crippen molar-refractivity contribution in [1.82, 2.24) is 14.3 Å². The highest BCUT2D eigenvalue weighted by Crippen LogP contribution is 2.17. The molecule has 4 nitrogen and oxygen atoms in total. The van der Waals surface area contributed by atoms with E-state index < -0.39 is 0 Å². The van der Waals surface area contributed by atoms with Crippen LogP contribution in [0, 0.1) is 0 Å². The number of hydrogen-bond donors (Lipinski definition) is 1. The third-order valence-electron chi connectivity index (χ3n) is 1.61. The Morgan fingerprint density at radius 3 is 2.86 bits per heavy atom. The van der Waals surface area contributed by atoms with Crippen LogP contribution in [0.2, 0.25) is 0 Å². The van der Waals surface area contributed by atoms with E-state index in [4.69, 9.17) is 5.73 Å². The number of rotatable bonds is 2. The summed E-state index contributed by atoms with van der Waals surface area (Å²) in [6, 6.07) is 5.73. The summed E-state index contributed by atoms with van der Waals surface area (Å²) in [6.45, 7) is 0. The SMILES string of the molecule is Nc1nc(-c2cccc(CBr)n2)ns1. The van der Waals surface area contributed by atoms with Crippen LogP contribution in [0.4, 0.5) is 5.13 Å². The van der Waals surface area contributed by atoms with Crippen molar-refractivity contribution in [3.8, 4) is 11.5 Å². The fourth-order valence-corrected chi connectivity index (χ4v) is 1.77. The summed E-state index contributed by atoms with van der Waals surface area (Å²) in [5.41, 5.74) is 7.21. The number of halogens is 1. The first-order valence-corrected chi connectivity index (χ1v) is 5.80. The molecule has 0 atom stereocenters. The average molecular weight is 271 g/mol. The van der Waals surface area contributed by atoms with Gasteiger partial charge >= 0.3 is 0 Å². The van der Waals surface area contributed by atoms with Crippen molar-refractivity contribution >= 4 is 32.6 Å². The molecule has 0 radical (unpaired) electrons. The standard InChI is InChI=1S/C8H7BrN4S/c9-4-5-2-1-3-6(11-5)7-12-8(10)14-13-7/h1-3H,4H2,(H2,10,12,13). The maximum Gasteiger partial charge on any atom is 0.200 e. The van der Waals surface area contributed by atoms with Gasteiger partial charge in [0, 0.05) is 16.9 Å². The zero-order chi connectivity index (χ0) is 9.97. The molecule has 0 saturated heterocycles. The van der Waals surface area contributed by atoms with Gasteiger partial charge in [-0.3, -0.25) is 0 Å². The molecular formula is C8H7BrN4S. The van der Waals surface area contributed by atoms with Crippen LogP contribution in [-0.2, 0) is 5.33 Å². The summed E-state index contributed by atoms with van der Waals surface area (Å²) in [4.78, 5) is 8.42. The van der Waals surface area contributed by atoms with Gasteiger partial charge in [0.05, 0.1) is 5.69 Å². The van der Waals surface area contributed by atoms with Gasteiger partial charge in [0.2, 0.25) is 0 Å². The molecule has 0 bridgehead atoms. The third-order valence-corrected chi connectivity index (χ3v) is 2.73. The van der Waals surface area contributed by atoms with Gasteiger partial charge in [0.15, 0.2) is 11.0 Å². The molecule has 2 aromatic rings. The van der Waals surface area contributed by atoms with Crippen LogP contribution in [-0.4, -0.2) is 14.3 Å². The van der Waals surface area contributed by atoms with Gasteiger partial charge in [-0.25, -0.2) is 4.98 Å². The molecule has 2 N–H and O–H groups in total. The molecule has 72 valence electrons. The van der Waals surface area contributed by atoms with Crippen LogP contribution in [0.25, 0.3) is 11.5 Å². The largest absolute Gasteiger partial charge is 0.374 e. The Bertz CT molecular complexity index is 442. The number of hydrogen-bond acceptors (Lipinski definition) is 5. The van der Waals surface area contributed by atoms with E-state index in [0.29, 0.717) is 11.0 Å². The molecule has 2 aromatic heterocycles. The number of anilines is 1. The van der Waals surface area contributed by atoms with Crippen LogP contribution in [0.15, 0.2) is 18.2 Å². The normalized spacial score (nSPS) is 10.4. The first-order valence-electron chi connectivity index (χ1n) is 3.91. The van der Waals surface area contributed by atoms with E-state index >= 15 is 0 Å². The number of aromatic nitrogens is 3. The van der Waals surface area contributed by atoms with Crippen molar-refractivity contribution in [3.63, 3.8) is 0 Å². The molecule has 0 spiro atoms. The molecule has 0 aromatic carbocycles. The number of nitrogens with two attached hydrogens (primary N) is 1. The van der Waals surface area contributed by atoms with Gasteiger partial charge < -0.3 is 5.73 Å². The predicted molar refractivity (Wildman–Crippen MR) is 60.2 cm³/mol. The number of pyridine rings is 1. The molecule has 0 fully saturated rings. The Balaban J connectivity index is 2.41. The molecule has 6 heteroatoms. The lowest BCUT2D eigenvalue weighted by molar-refractivity contribution is 1.16. The quantitative estimate of drug-likeness (QED) is 0.849. The maximum atomic E-state index is 5.49. The summed E-state index contributed by atoms with van der Waals surface area (Å²) in [5, 5.41) is 1.19. The summed E-state index contributed by atoms with van der Waals surface area (Å²) >= 11 is 4.52. The minimum absolute atomic E-state index is 0.464. The van der Waals surface area contributed by atoms with E-state index in [1.165, 1.54) is 11.5 Å². The Morgan fingerprint density at radius 1 is 1.36 bits per heavy atom. The molecule has 14 heavy (non-hydrogen) atoms. The summed E-state index contributed by atoms with van der Waals surface area (Å²) in [5.74, 6) is 0.593. The van der Waals surface area contributed by atoms with Crippen molar-refractivity contribution in [3.05, 3.63) is 23.9 Å². The smallest absolute Gasteiger partial charge is 0.200 e. The first kappa shape index (κ1) is 9.54. The fraction of sp³-hybridized carbons (Fsp3) is 0.125. The van der Waals surface area contributed by atoms with Gasteiger partial charge in [-0.15, -0.1) is 0 Å². The second kappa shape index (κ2) is 4.02. The highest BCUT2D eigenvalue weighted by atomic mass is 79.9. The number of nitrogen functional groups attached to an aromatic ring is 1. The second-order valence-corrected chi connectivity index (χ2v) is 3.95. The molecule has 0 aliphatic carbocycles. The topological polar surface area (TPSA) is 64.7 Å². The monoisotopic (exact) mass is 270 g/mol. The van der Waals surface area contributed by atoms with Crippen molar-refractivity contribution in [2.45, 2.75) is 5.33 Å². The minimum Gasteiger partial charge on any atom is -0.374 e. The maximum absolute atomic E-state index is 5.49. The average Bonchev–Trinajstić information content (AvgIpc) is 2.65. The number of alkyl halides is 1. The van der Waals surface area contributed by atoms with E-state index in [2.05, 4.69) is 30.3 Å². The zero-order valence-electron chi connectivity index (χ0n) is 7.14. The summed E-state index contributed by atoms with van der Waals surface area (Å²) in [7, 11) is 0. The van der Waals surface area contributed by atoms with E-state index in [1.807, 2.05) is 18.2 Å². The van der Waals surface area contributed by atoms with Gasteiger partial charge in [0.25, 0.3) is 0 Å². The van der Waals surface area contributed by atoms with Crippen LogP contribution >= 0.6 is 27.5 Å². The van der Waals surface area contributed by atoms with Crippen molar-refractivity contribution < 1.29 is 0 Å². The Morgan fingerprint density at radius 2 is 2.21 bits per heavy atom. The fourth-order valence-electron chi connectivity index (χ4n) is 1.02. The molecule has 0 aliphatic rings. The lowest BCUT2D eigenvalue weighted by Crippen LogP contribution is -1.90. The summed E-state index contributed by atoms with van der Waals surface area (Å²) < 4.78 is 4.09. The highest BCUT2D eigenvalue weighted by Gasteiger charge is 2.05. The zero-order valence-corrected chi connectivity index (χ0v) is 9.55. The lowest BCUT2D eigenvalue weighted by atomic mass is 10.3. The predicted octanol–water partition coefficient (Wildman–Crippen LogP) is 2.08. The second-order valence-electron chi connectivity index (χ2n) is 2.60. The van der Waals surface area contributed by atoms with Gasteiger partial charge in [-0.05, 0) is 12.1 Å². The molecular weight excluding hydrogens is 264 g/mol. The molecule has 2 heterocycles. The van der Waals surface area contributed by atoms with E-state index in [0.717, 1.165) is 16.7 Å². The third kappa shape index (κ3) is 1.91. The molecule has 0 saturated carbocycles. The van der Waals surface area contributed by atoms with Crippen molar-refractivity contribution in [1.29, 1.82) is 0 Å². The lowest BCUT2D eigenvalue weighted by Gasteiger charge is -1.97. The van der Waals surface area contributed by atoms with Crippen LogP contribution in [0.3, 0.4) is 0 Å². The highest BCUT2D eigenvalue weighted by molar-refractivity contribution is 9.08. The van der Waals surface area contributed by atoms with Gasteiger partial charge in [0.1, 0.15) is 5.69 Å². The molecule has 0 unspecified atom stereocenters.